The van der Waals surface area contributed by atoms with E-state index in [1.54, 1.807) is 18.2 Å². The number of hydrogen-bond acceptors (Lipinski definition) is 3. The Bertz CT molecular complexity index is 700. The van der Waals surface area contributed by atoms with E-state index in [0.29, 0.717) is 11.3 Å². The number of benzene rings is 2. The van der Waals surface area contributed by atoms with Gasteiger partial charge >= 0.3 is 5.97 Å². The molecule has 1 amide bonds. The Labute approximate surface area is 125 Å². The summed E-state index contributed by atoms with van der Waals surface area (Å²) in [6.45, 7) is 0. The van der Waals surface area contributed by atoms with Crippen molar-refractivity contribution in [3.63, 3.8) is 0 Å². The number of carboxylic acids is 1. The van der Waals surface area contributed by atoms with Crippen LogP contribution in [0, 0.1) is 0 Å². The Morgan fingerprint density at radius 2 is 1.86 bits per heavy atom. The summed E-state index contributed by atoms with van der Waals surface area (Å²) in [7, 11) is 0. The summed E-state index contributed by atoms with van der Waals surface area (Å²) in [6, 6.07) is 10.6. The number of hydrogen-bond donors (Lipinski definition) is 3. The number of aromatic carboxylic acids is 1. The van der Waals surface area contributed by atoms with Crippen LogP contribution in [0.2, 0.25) is 5.02 Å². The average Bonchev–Trinajstić information content (AvgIpc) is 2.43. The highest BCUT2D eigenvalue weighted by atomic mass is 35.5. The number of phenolic OH excluding ortho intramolecular Hbond substituents is 1. The molecule has 2 aromatic rings. The lowest BCUT2D eigenvalue weighted by molar-refractivity contribution is -0.115. The maximum Gasteiger partial charge on any atom is 0.335 e. The lowest BCUT2D eigenvalue weighted by Gasteiger charge is -2.08. The zero-order valence-corrected chi connectivity index (χ0v) is 11.6. The van der Waals surface area contributed by atoms with Crippen molar-refractivity contribution in [3.8, 4) is 5.75 Å². The summed E-state index contributed by atoms with van der Waals surface area (Å²) in [5, 5.41) is 21.1. The predicted molar refractivity (Wildman–Crippen MR) is 78.9 cm³/mol. The molecule has 21 heavy (non-hydrogen) atoms. The number of amides is 1. The van der Waals surface area contributed by atoms with E-state index in [0.717, 1.165) is 0 Å². The van der Waals surface area contributed by atoms with Gasteiger partial charge in [0.1, 0.15) is 5.75 Å². The van der Waals surface area contributed by atoms with Crippen molar-refractivity contribution in [2.45, 2.75) is 6.42 Å². The smallest absolute Gasteiger partial charge is 0.335 e. The first-order valence-electron chi connectivity index (χ1n) is 6.07. The molecule has 0 radical (unpaired) electrons. The zero-order valence-electron chi connectivity index (χ0n) is 10.8. The van der Waals surface area contributed by atoms with Gasteiger partial charge in [-0.3, -0.25) is 4.79 Å². The topological polar surface area (TPSA) is 86.6 Å². The van der Waals surface area contributed by atoms with Crippen LogP contribution in [0.4, 0.5) is 5.69 Å². The van der Waals surface area contributed by atoms with Crippen molar-refractivity contribution in [3.05, 3.63) is 58.6 Å². The summed E-state index contributed by atoms with van der Waals surface area (Å²) in [6.07, 6.45) is -0.0685. The van der Waals surface area contributed by atoms with Gasteiger partial charge in [0.15, 0.2) is 0 Å². The number of aromatic hydroxyl groups is 1. The maximum atomic E-state index is 11.9. The van der Waals surface area contributed by atoms with Gasteiger partial charge in [0.2, 0.25) is 5.91 Å². The molecule has 0 fully saturated rings. The Kier molecular flexibility index (Phi) is 4.45. The molecule has 0 aliphatic heterocycles. The number of carboxylic acid groups (broad SMARTS) is 1. The third-order valence-corrected chi connectivity index (χ3v) is 3.13. The summed E-state index contributed by atoms with van der Waals surface area (Å²) in [5.74, 6) is -1.53. The molecule has 0 aliphatic rings. The first kappa shape index (κ1) is 14.9. The Hall–Kier alpha value is -2.53. The number of carbonyl (C=O) groups excluding carboxylic acids is 1. The minimum absolute atomic E-state index is 0.0685. The van der Waals surface area contributed by atoms with Crippen molar-refractivity contribution >= 4 is 29.2 Å². The number of carbonyl (C=O) groups is 2. The minimum Gasteiger partial charge on any atom is -0.506 e. The van der Waals surface area contributed by atoms with E-state index in [4.69, 9.17) is 16.7 Å². The third-order valence-electron chi connectivity index (χ3n) is 2.83. The van der Waals surface area contributed by atoms with Crippen LogP contribution in [-0.4, -0.2) is 22.1 Å². The van der Waals surface area contributed by atoms with Gasteiger partial charge in [0.25, 0.3) is 0 Å². The molecule has 108 valence electrons. The van der Waals surface area contributed by atoms with Crippen molar-refractivity contribution in [1.29, 1.82) is 0 Å². The molecule has 5 nitrogen and oxygen atoms in total. The van der Waals surface area contributed by atoms with Crippen LogP contribution >= 0.6 is 11.6 Å². The first-order chi connectivity index (χ1) is 9.97. The molecule has 0 aliphatic carbocycles. The van der Waals surface area contributed by atoms with Gasteiger partial charge < -0.3 is 15.5 Å². The quantitative estimate of drug-likeness (QED) is 0.758. The first-order valence-corrected chi connectivity index (χ1v) is 6.44. The molecule has 0 heterocycles. The van der Waals surface area contributed by atoms with Crippen molar-refractivity contribution in [2.24, 2.45) is 0 Å². The Balaban J connectivity index is 2.12. The highest BCUT2D eigenvalue weighted by Gasteiger charge is 2.13. The van der Waals surface area contributed by atoms with Crippen molar-refractivity contribution in [2.75, 3.05) is 5.32 Å². The van der Waals surface area contributed by atoms with E-state index in [2.05, 4.69) is 5.32 Å². The van der Waals surface area contributed by atoms with Crippen LogP contribution in [0.25, 0.3) is 0 Å². The molecule has 0 aromatic heterocycles. The van der Waals surface area contributed by atoms with Gasteiger partial charge in [0.05, 0.1) is 17.0 Å². The fourth-order valence-electron chi connectivity index (χ4n) is 1.85. The molecular weight excluding hydrogens is 294 g/mol. The lowest BCUT2D eigenvalue weighted by atomic mass is 10.0. The maximum absolute atomic E-state index is 11.9. The van der Waals surface area contributed by atoms with E-state index in [-0.39, 0.29) is 28.7 Å². The van der Waals surface area contributed by atoms with Gasteiger partial charge in [0, 0.05) is 5.69 Å². The van der Waals surface area contributed by atoms with Crippen LogP contribution < -0.4 is 5.32 Å². The number of anilines is 1. The second-order valence-corrected chi connectivity index (χ2v) is 4.76. The van der Waals surface area contributed by atoms with Gasteiger partial charge in [-0.05, 0) is 29.8 Å². The van der Waals surface area contributed by atoms with Gasteiger partial charge in [-0.25, -0.2) is 4.79 Å². The van der Waals surface area contributed by atoms with Crippen LogP contribution in [-0.2, 0) is 11.2 Å². The van der Waals surface area contributed by atoms with Gasteiger partial charge in [-0.1, -0.05) is 29.8 Å². The average molecular weight is 306 g/mol. The highest BCUT2D eigenvalue weighted by molar-refractivity contribution is 6.32. The largest absolute Gasteiger partial charge is 0.506 e. The molecule has 3 N–H and O–H groups in total. The molecule has 0 saturated heterocycles. The molecule has 0 saturated carbocycles. The van der Waals surface area contributed by atoms with Crippen LogP contribution in [0.15, 0.2) is 42.5 Å². The molecule has 6 heteroatoms. The second kappa shape index (κ2) is 6.28. The number of nitrogens with one attached hydrogen (secondary N) is 1. The molecule has 0 unspecified atom stereocenters. The number of halogens is 1. The van der Waals surface area contributed by atoms with Gasteiger partial charge in [-0.15, -0.1) is 0 Å². The number of phenols is 1. The Morgan fingerprint density at radius 3 is 2.52 bits per heavy atom. The standard InChI is InChI=1S/C15H12ClNO4/c16-12-8-10(5-6-13(12)18)17-14(19)7-9-3-1-2-4-11(9)15(20)21/h1-6,8,18H,7H2,(H,17,19)(H,20,21). The van der Waals surface area contributed by atoms with E-state index in [1.165, 1.54) is 24.3 Å². The number of rotatable bonds is 4. The molecule has 0 bridgehead atoms. The SMILES string of the molecule is O=C(Cc1ccccc1C(=O)O)Nc1ccc(O)c(Cl)c1. The van der Waals surface area contributed by atoms with Crippen molar-refractivity contribution in [1.82, 2.24) is 0 Å². The van der Waals surface area contributed by atoms with Crippen LogP contribution in [0.3, 0.4) is 0 Å². The molecule has 0 spiro atoms. The monoisotopic (exact) mass is 305 g/mol. The molecule has 0 atom stereocenters. The predicted octanol–water partition coefficient (Wildman–Crippen LogP) is 2.92. The van der Waals surface area contributed by atoms with E-state index >= 15 is 0 Å². The van der Waals surface area contributed by atoms with E-state index < -0.39 is 5.97 Å². The second-order valence-electron chi connectivity index (χ2n) is 4.35. The molecule has 2 aromatic carbocycles. The fourth-order valence-corrected chi connectivity index (χ4v) is 2.03. The lowest BCUT2D eigenvalue weighted by Crippen LogP contribution is -2.16. The van der Waals surface area contributed by atoms with Crippen molar-refractivity contribution < 1.29 is 19.8 Å². The molecular formula is C15H12ClNO4. The normalized spacial score (nSPS) is 10.1. The fraction of sp³-hybridized carbons (Fsp3) is 0.0667. The summed E-state index contributed by atoms with van der Waals surface area (Å²) < 4.78 is 0. The summed E-state index contributed by atoms with van der Waals surface area (Å²) in [5.41, 5.74) is 0.944. The van der Waals surface area contributed by atoms with Gasteiger partial charge in [-0.2, -0.15) is 0 Å². The highest BCUT2D eigenvalue weighted by Crippen LogP contribution is 2.26. The third kappa shape index (κ3) is 3.73. The van der Waals surface area contributed by atoms with Crippen LogP contribution in [0.5, 0.6) is 5.75 Å². The Morgan fingerprint density at radius 1 is 1.14 bits per heavy atom. The minimum atomic E-state index is -1.08. The van der Waals surface area contributed by atoms with E-state index in [9.17, 15) is 14.7 Å². The molecule has 2 rings (SSSR count). The van der Waals surface area contributed by atoms with Crippen LogP contribution in [0.1, 0.15) is 15.9 Å². The summed E-state index contributed by atoms with van der Waals surface area (Å²) >= 11 is 5.75. The summed E-state index contributed by atoms with van der Waals surface area (Å²) in [4.78, 5) is 23.0. The van der Waals surface area contributed by atoms with E-state index in [1.807, 2.05) is 0 Å². The zero-order chi connectivity index (χ0) is 15.4.